The zero-order valence-corrected chi connectivity index (χ0v) is 11.7. The molecule has 0 aromatic heterocycles. The van der Waals surface area contributed by atoms with Gasteiger partial charge >= 0.3 is 0 Å². The highest BCUT2D eigenvalue weighted by Gasteiger charge is 2.44. The van der Waals surface area contributed by atoms with Crippen LogP contribution in [0, 0.1) is 17.7 Å². The fourth-order valence-corrected chi connectivity index (χ4v) is 4.15. The van der Waals surface area contributed by atoms with Crippen LogP contribution in [0.15, 0.2) is 18.2 Å². The van der Waals surface area contributed by atoms with E-state index in [-0.39, 0.29) is 17.5 Å². The van der Waals surface area contributed by atoms with Crippen LogP contribution in [-0.2, 0) is 0 Å². The van der Waals surface area contributed by atoms with Crippen molar-refractivity contribution in [3.05, 3.63) is 29.6 Å². The summed E-state index contributed by atoms with van der Waals surface area (Å²) in [5, 5.41) is 0. The van der Waals surface area contributed by atoms with Crippen LogP contribution >= 0.6 is 0 Å². The van der Waals surface area contributed by atoms with Gasteiger partial charge in [-0.15, -0.1) is 0 Å². The lowest BCUT2D eigenvalue weighted by molar-refractivity contribution is -0.0313. The van der Waals surface area contributed by atoms with Crippen LogP contribution in [0.25, 0.3) is 0 Å². The molecule has 0 radical (unpaired) electrons. The third kappa shape index (κ3) is 2.36. The second-order valence-electron chi connectivity index (χ2n) is 6.63. The van der Waals surface area contributed by atoms with E-state index in [9.17, 15) is 4.39 Å². The molecule has 104 valence electrons. The molecule has 2 aliphatic rings. The largest absolute Gasteiger partial charge is 0.487 e. The average molecular weight is 263 g/mol. The van der Waals surface area contributed by atoms with Gasteiger partial charge in [-0.25, -0.2) is 4.39 Å². The Morgan fingerprint density at radius 3 is 2.58 bits per heavy atom. The lowest BCUT2D eigenvalue weighted by atomic mass is 9.69. The lowest BCUT2D eigenvalue weighted by Gasteiger charge is -2.47. The van der Waals surface area contributed by atoms with E-state index in [2.05, 4.69) is 13.8 Å². The van der Waals surface area contributed by atoms with Crippen molar-refractivity contribution in [1.82, 2.24) is 0 Å². The quantitative estimate of drug-likeness (QED) is 0.772. The van der Waals surface area contributed by atoms with Crippen molar-refractivity contribution >= 4 is 0 Å². The zero-order valence-electron chi connectivity index (χ0n) is 11.7. The first-order chi connectivity index (χ1) is 8.97. The zero-order chi connectivity index (χ0) is 13.6. The maximum Gasteiger partial charge on any atom is 0.127 e. The number of ether oxygens (including phenoxy) is 1. The molecule has 1 heterocycles. The van der Waals surface area contributed by atoms with Gasteiger partial charge in [0.05, 0.1) is 0 Å². The minimum absolute atomic E-state index is 0.0400. The summed E-state index contributed by atoms with van der Waals surface area (Å²) in [5.74, 6) is 1.69. The highest BCUT2D eigenvalue weighted by molar-refractivity contribution is 5.39. The summed E-state index contributed by atoms with van der Waals surface area (Å²) in [6.07, 6.45) is 4.15. The van der Waals surface area contributed by atoms with Crippen molar-refractivity contribution in [3.63, 3.8) is 0 Å². The molecular formula is C16H22FNO. The van der Waals surface area contributed by atoms with Gasteiger partial charge in [0.15, 0.2) is 0 Å². The fourth-order valence-electron chi connectivity index (χ4n) is 4.15. The number of benzene rings is 1. The molecule has 2 N–H and O–H groups in total. The van der Waals surface area contributed by atoms with Crippen LogP contribution in [0.2, 0.25) is 0 Å². The molecule has 0 bridgehead atoms. The Hall–Kier alpha value is -1.09. The Labute approximate surface area is 114 Å². The van der Waals surface area contributed by atoms with Crippen LogP contribution in [-0.4, -0.2) is 5.60 Å². The molecule has 3 rings (SSSR count). The maximum atomic E-state index is 13.4. The van der Waals surface area contributed by atoms with Gasteiger partial charge in [-0.05, 0) is 37.2 Å². The van der Waals surface area contributed by atoms with Gasteiger partial charge in [0, 0.05) is 24.1 Å². The monoisotopic (exact) mass is 263 g/mol. The minimum Gasteiger partial charge on any atom is -0.487 e. The van der Waals surface area contributed by atoms with Crippen LogP contribution in [0.3, 0.4) is 0 Å². The van der Waals surface area contributed by atoms with Crippen LogP contribution < -0.4 is 10.5 Å². The summed E-state index contributed by atoms with van der Waals surface area (Å²) in [6.45, 7) is 4.54. The van der Waals surface area contributed by atoms with Crippen molar-refractivity contribution in [3.8, 4) is 5.75 Å². The molecule has 0 saturated heterocycles. The Kier molecular flexibility index (Phi) is 3.05. The highest BCUT2D eigenvalue weighted by Crippen LogP contribution is 2.48. The summed E-state index contributed by atoms with van der Waals surface area (Å²) in [7, 11) is 0. The van der Waals surface area contributed by atoms with E-state index in [0.29, 0.717) is 17.6 Å². The van der Waals surface area contributed by atoms with E-state index >= 15 is 0 Å². The Morgan fingerprint density at radius 2 is 1.89 bits per heavy atom. The van der Waals surface area contributed by atoms with E-state index in [1.54, 1.807) is 6.07 Å². The van der Waals surface area contributed by atoms with Gasteiger partial charge in [0.2, 0.25) is 0 Å². The highest BCUT2D eigenvalue weighted by atomic mass is 19.1. The molecule has 2 nitrogen and oxygen atoms in total. The maximum absolute atomic E-state index is 13.4. The molecule has 1 aliphatic carbocycles. The fraction of sp³-hybridized carbons (Fsp3) is 0.625. The number of hydrogen-bond acceptors (Lipinski definition) is 2. The van der Waals surface area contributed by atoms with Crippen molar-refractivity contribution in [2.75, 3.05) is 0 Å². The van der Waals surface area contributed by atoms with Gasteiger partial charge in [-0.2, -0.15) is 0 Å². The summed E-state index contributed by atoms with van der Waals surface area (Å²) < 4.78 is 19.6. The smallest absolute Gasteiger partial charge is 0.127 e. The molecule has 1 spiro atoms. The predicted octanol–water partition coefficient (Wildman–Crippen LogP) is 3.80. The first kappa shape index (κ1) is 12.9. The number of nitrogens with two attached hydrogens (primary N) is 1. The third-order valence-corrected chi connectivity index (χ3v) is 4.54. The van der Waals surface area contributed by atoms with Crippen LogP contribution in [0.4, 0.5) is 4.39 Å². The first-order valence-corrected chi connectivity index (χ1v) is 7.21. The topological polar surface area (TPSA) is 35.2 Å². The molecule has 2 unspecified atom stereocenters. The molecule has 1 aromatic carbocycles. The van der Waals surface area contributed by atoms with Crippen LogP contribution in [0.5, 0.6) is 5.75 Å². The molecule has 19 heavy (non-hydrogen) atoms. The summed E-state index contributed by atoms with van der Waals surface area (Å²) >= 11 is 0. The lowest BCUT2D eigenvalue weighted by Crippen LogP contribution is -2.48. The number of halogens is 1. The normalized spacial score (nSPS) is 37.8. The minimum atomic E-state index is -0.250. The standard InChI is InChI=1S/C16H22FNO/c1-10-5-11(2)8-16(7-10)9-14(18)13-4-3-12(17)6-15(13)19-16/h3-4,6,10-11,14H,5,7-9,18H2,1-2H3/t10?,11?,14-,16?/m1/s1. The third-order valence-electron chi connectivity index (χ3n) is 4.54. The average Bonchev–Trinajstić information content (AvgIpc) is 2.25. The molecule has 3 heteroatoms. The first-order valence-electron chi connectivity index (χ1n) is 7.21. The van der Waals surface area contributed by atoms with Crippen molar-refractivity contribution < 1.29 is 9.13 Å². The van der Waals surface area contributed by atoms with E-state index in [1.165, 1.54) is 18.6 Å². The SMILES string of the molecule is CC1CC(C)CC2(C1)C[C@@H](N)c1ccc(F)cc1O2. The second kappa shape index (κ2) is 4.48. The number of rotatable bonds is 0. The van der Waals surface area contributed by atoms with E-state index in [1.807, 2.05) is 0 Å². The van der Waals surface area contributed by atoms with Crippen LogP contribution in [0.1, 0.15) is 51.1 Å². The van der Waals surface area contributed by atoms with Gasteiger partial charge < -0.3 is 10.5 Å². The van der Waals surface area contributed by atoms with Crippen molar-refractivity contribution in [2.24, 2.45) is 17.6 Å². The second-order valence-corrected chi connectivity index (χ2v) is 6.63. The molecule has 1 aliphatic heterocycles. The number of hydrogen-bond donors (Lipinski definition) is 1. The van der Waals surface area contributed by atoms with Crippen molar-refractivity contribution in [1.29, 1.82) is 0 Å². The Morgan fingerprint density at radius 1 is 1.21 bits per heavy atom. The molecule has 1 fully saturated rings. The molecule has 3 atom stereocenters. The van der Waals surface area contributed by atoms with Crippen molar-refractivity contribution in [2.45, 2.75) is 51.2 Å². The molecule has 0 amide bonds. The summed E-state index contributed by atoms with van der Waals surface area (Å²) in [5.41, 5.74) is 7.05. The predicted molar refractivity (Wildman–Crippen MR) is 73.5 cm³/mol. The van der Waals surface area contributed by atoms with Gasteiger partial charge in [-0.1, -0.05) is 19.9 Å². The van der Waals surface area contributed by atoms with Gasteiger partial charge in [0.1, 0.15) is 17.2 Å². The number of fused-ring (bicyclic) bond motifs is 1. The van der Waals surface area contributed by atoms with E-state index < -0.39 is 0 Å². The van der Waals surface area contributed by atoms with E-state index in [0.717, 1.165) is 24.8 Å². The molecule has 1 saturated carbocycles. The summed E-state index contributed by atoms with van der Waals surface area (Å²) in [6, 6.07) is 4.67. The molecular weight excluding hydrogens is 241 g/mol. The van der Waals surface area contributed by atoms with Gasteiger partial charge in [-0.3, -0.25) is 0 Å². The summed E-state index contributed by atoms with van der Waals surface area (Å²) in [4.78, 5) is 0. The Balaban J connectivity index is 1.95. The Bertz CT molecular complexity index is 478. The van der Waals surface area contributed by atoms with E-state index in [4.69, 9.17) is 10.5 Å². The molecule has 1 aromatic rings. The van der Waals surface area contributed by atoms with Gasteiger partial charge in [0.25, 0.3) is 0 Å².